The number of hydrogen-bond donors (Lipinski definition) is 1. The number of rotatable bonds is 7. The van der Waals surface area contributed by atoms with Gasteiger partial charge in [0, 0.05) is 29.4 Å². The van der Waals surface area contributed by atoms with Crippen LogP contribution in [0.3, 0.4) is 0 Å². The van der Waals surface area contributed by atoms with Crippen LogP contribution in [0.2, 0.25) is 0 Å². The van der Waals surface area contributed by atoms with Gasteiger partial charge in [-0.1, -0.05) is 18.2 Å². The molecule has 3 rings (SSSR count). The number of aromatic nitrogens is 1. The molecule has 22 heavy (non-hydrogen) atoms. The number of benzene rings is 1. The lowest BCUT2D eigenvalue weighted by molar-refractivity contribution is 0.414. The molecular weight excluding hydrogens is 312 g/mol. The van der Waals surface area contributed by atoms with Crippen LogP contribution in [0, 0.1) is 0 Å². The molecule has 2 heterocycles. The van der Waals surface area contributed by atoms with Gasteiger partial charge in [-0.3, -0.25) is 0 Å². The summed E-state index contributed by atoms with van der Waals surface area (Å²) in [6.45, 7) is 0.819. The molecule has 0 radical (unpaired) electrons. The van der Waals surface area contributed by atoms with Gasteiger partial charge in [0.2, 0.25) is 0 Å². The summed E-state index contributed by atoms with van der Waals surface area (Å²) in [7, 11) is 1.69. The summed E-state index contributed by atoms with van der Waals surface area (Å²) < 4.78 is 5.20. The molecule has 1 aromatic carbocycles. The highest BCUT2D eigenvalue weighted by Crippen LogP contribution is 2.23. The first-order chi connectivity index (χ1) is 10.8. The van der Waals surface area contributed by atoms with Crippen LogP contribution in [0.15, 0.2) is 53.4 Å². The molecule has 1 N–H and O–H groups in total. The maximum absolute atomic E-state index is 5.20. The minimum Gasteiger partial charge on any atom is -0.497 e. The number of nitrogens with one attached hydrogen (secondary N) is 1. The number of hydrogen-bond acceptors (Lipinski definition) is 5. The molecule has 0 fully saturated rings. The molecule has 3 nitrogen and oxygen atoms in total. The second-order valence-corrected chi connectivity index (χ2v) is 6.89. The standard InChI is InChI=1S/C17H18N2OS2/c1-20-14-6-4-13(5-7-14)12-19-16(17-18-8-10-22-17)11-15-3-2-9-21-15/h2-10,16,19H,11-12H2,1H3/t16-/m0/s1. The number of thiazole rings is 1. The van der Waals surface area contributed by atoms with Gasteiger partial charge in [0.1, 0.15) is 10.8 Å². The summed E-state index contributed by atoms with van der Waals surface area (Å²) >= 11 is 3.50. The normalized spacial score (nSPS) is 12.2. The van der Waals surface area contributed by atoms with Crippen molar-refractivity contribution in [3.05, 3.63) is 68.8 Å². The highest BCUT2D eigenvalue weighted by Gasteiger charge is 2.15. The minimum atomic E-state index is 0.251. The van der Waals surface area contributed by atoms with Crippen molar-refractivity contribution >= 4 is 22.7 Å². The van der Waals surface area contributed by atoms with Crippen LogP contribution >= 0.6 is 22.7 Å². The Morgan fingerprint density at radius 2 is 2.00 bits per heavy atom. The first kappa shape index (κ1) is 15.2. The number of thiophene rings is 1. The third-order valence-corrected chi connectivity index (χ3v) is 5.23. The van der Waals surface area contributed by atoms with Crippen molar-refractivity contribution < 1.29 is 4.74 Å². The van der Waals surface area contributed by atoms with Gasteiger partial charge >= 0.3 is 0 Å². The van der Waals surface area contributed by atoms with E-state index in [1.165, 1.54) is 10.4 Å². The predicted molar refractivity (Wildman–Crippen MR) is 92.7 cm³/mol. The Bertz CT molecular complexity index is 663. The molecule has 1 atom stereocenters. The zero-order valence-electron chi connectivity index (χ0n) is 12.4. The lowest BCUT2D eigenvalue weighted by Gasteiger charge is -2.16. The Morgan fingerprint density at radius 3 is 2.64 bits per heavy atom. The molecule has 0 aliphatic heterocycles. The lowest BCUT2D eigenvalue weighted by Crippen LogP contribution is -2.22. The molecule has 0 saturated heterocycles. The summed E-state index contributed by atoms with van der Waals surface area (Å²) in [5, 5.41) is 8.92. The van der Waals surface area contributed by atoms with Gasteiger partial charge < -0.3 is 10.1 Å². The molecule has 0 amide bonds. The quantitative estimate of drug-likeness (QED) is 0.702. The maximum atomic E-state index is 5.20. The van der Waals surface area contributed by atoms with Gasteiger partial charge in [0.05, 0.1) is 13.2 Å². The fourth-order valence-corrected chi connectivity index (χ4v) is 3.73. The second-order valence-electron chi connectivity index (χ2n) is 4.94. The zero-order valence-corrected chi connectivity index (χ0v) is 14.0. The van der Waals surface area contributed by atoms with Crippen molar-refractivity contribution in [2.45, 2.75) is 19.0 Å². The smallest absolute Gasteiger partial charge is 0.118 e. The van der Waals surface area contributed by atoms with Gasteiger partial charge in [-0.2, -0.15) is 0 Å². The van der Waals surface area contributed by atoms with Gasteiger partial charge in [0.25, 0.3) is 0 Å². The Balaban J connectivity index is 1.67. The highest BCUT2D eigenvalue weighted by atomic mass is 32.1. The summed E-state index contributed by atoms with van der Waals surface area (Å²) in [6.07, 6.45) is 2.85. The molecule has 0 spiro atoms. The summed E-state index contributed by atoms with van der Waals surface area (Å²) in [5.74, 6) is 0.888. The highest BCUT2D eigenvalue weighted by molar-refractivity contribution is 7.10. The van der Waals surface area contributed by atoms with E-state index >= 15 is 0 Å². The van der Waals surface area contributed by atoms with Gasteiger partial charge in [-0.05, 0) is 29.1 Å². The number of ether oxygens (including phenoxy) is 1. The van der Waals surface area contributed by atoms with Crippen LogP contribution in [0.4, 0.5) is 0 Å². The first-order valence-corrected chi connectivity index (χ1v) is 8.89. The van der Waals surface area contributed by atoms with Gasteiger partial charge in [0.15, 0.2) is 0 Å². The molecule has 114 valence electrons. The van der Waals surface area contributed by atoms with Crippen LogP contribution in [0.25, 0.3) is 0 Å². The average molecular weight is 330 g/mol. The van der Waals surface area contributed by atoms with E-state index in [1.54, 1.807) is 29.8 Å². The van der Waals surface area contributed by atoms with Crippen LogP contribution < -0.4 is 10.1 Å². The van der Waals surface area contributed by atoms with Gasteiger partial charge in [-0.25, -0.2) is 4.98 Å². The van der Waals surface area contributed by atoms with Crippen LogP contribution in [0.5, 0.6) is 5.75 Å². The molecule has 5 heteroatoms. The van der Waals surface area contributed by atoms with Crippen LogP contribution in [-0.4, -0.2) is 12.1 Å². The van der Waals surface area contributed by atoms with E-state index in [9.17, 15) is 0 Å². The van der Waals surface area contributed by atoms with E-state index < -0.39 is 0 Å². The summed E-state index contributed by atoms with van der Waals surface area (Å²) in [6, 6.07) is 12.7. The second kappa shape index (κ2) is 7.54. The average Bonchev–Trinajstić information content (AvgIpc) is 3.25. The topological polar surface area (TPSA) is 34.1 Å². The predicted octanol–water partition coefficient (Wildman–Crippen LogP) is 4.29. The van der Waals surface area contributed by atoms with Crippen molar-refractivity contribution in [3.63, 3.8) is 0 Å². The van der Waals surface area contributed by atoms with Crippen LogP contribution in [-0.2, 0) is 13.0 Å². The molecule has 2 aromatic heterocycles. The maximum Gasteiger partial charge on any atom is 0.118 e. The molecular formula is C17H18N2OS2. The summed E-state index contributed by atoms with van der Waals surface area (Å²) in [5.41, 5.74) is 1.24. The third-order valence-electron chi connectivity index (χ3n) is 3.45. The summed E-state index contributed by atoms with van der Waals surface area (Å²) in [4.78, 5) is 5.85. The molecule has 0 saturated carbocycles. The Kier molecular flexibility index (Phi) is 5.21. The molecule has 0 bridgehead atoms. The van der Waals surface area contributed by atoms with Crippen molar-refractivity contribution in [1.82, 2.24) is 10.3 Å². The SMILES string of the molecule is COc1ccc(CN[C@@H](Cc2cccs2)c2nccs2)cc1. The van der Waals surface area contributed by atoms with E-state index in [0.29, 0.717) is 0 Å². The molecule has 3 aromatic rings. The largest absolute Gasteiger partial charge is 0.497 e. The monoisotopic (exact) mass is 330 g/mol. The third kappa shape index (κ3) is 3.94. The first-order valence-electron chi connectivity index (χ1n) is 7.13. The zero-order chi connectivity index (χ0) is 15.2. The number of nitrogens with zero attached hydrogens (tertiary/aromatic N) is 1. The van der Waals surface area contributed by atoms with E-state index in [1.807, 2.05) is 23.7 Å². The van der Waals surface area contributed by atoms with Crippen molar-refractivity contribution in [3.8, 4) is 5.75 Å². The Hall–Kier alpha value is -1.69. The molecule has 0 aliphatic rings. The Morgan fingerprint density at radius 1 is 1.14 bits per heavy atom. The molecule has 0 aliphatic carbocycles. The van der Waals surface area contributed by atoms with E-state index in [2.05, 4.69) is 39.9 Å². The van der Waals surface area contributed by atoms with E-state index in [4.69, 9.17) is 4.74 Å². The van der Waals surface area contributed by atoms with Crippen molar-refractivity contribution in [1.29, 1.82) is 0 Å². The lowest BCUT2D eigenvalue weighted by atomic mass is 10.1. The van der Waals surface area contributed by atoms with Crippen molar-refractivity contribution in [2.75, 3.05) is 7.11 Å². The Labute approximate surface area is 138 Å². The van der Waals surface area contributed by atoms with Crippen LogP contribution in [0.1, 0.15) is 21.5 Å². The van der Waals surface area contributed by atoms with E-state index in [0.717, 1.165) is 23.7 Å². The fourth-order valence-electron chi connectivity index (χ4n) is 2.27. The number of methoxy groups -OCH3 is 1. The minimum absolute atomic E-state index is 0.251. The fraction of sp³-hybridized carbons (Fsp3) is 0.235. The molecule has 0 unspecified atom stereocenters. The van der Waals surface area contributed by atoms with Crippen molar-refractivity contribution in [2.24, 2.45) is 0 Å². The van der Waals surface area contributed by atoms with E-state index in [-0.39, 0.29) is 6.04 Å². The van der Waals surface area contributed by atoms with Gasteiger partial charge in [-0.15, -0.1) is 22.7 Å².